The van der Waals surface area contributed by atoms with Crippen LogP contribution >= 0.6 is 0 Å². The number of nitrogens with zero attached hydrogens (tertiary/aromatic N) is 2. The topological polar surface area (TPSA) is 44.8 Å². The summed E-state index contributed by atoms with van der Waals surface area (Å²) in [6.45, 7) is 2.59. The molecule has 2 unspecified atom stereocenters. The highest BCUT2D eigenvalue weighted by molar-refractivity contribution is 5.77. The van der Waals surface area contributed by atoms with Crippen LogP contribution in [0.2, 0.25) is 0 Å². The summed E-state index contributed by atoms with van der Waals surface area (Å²) >= 11 is 0. The zero-order valence-corrected chi connectivity index (χ0v) is 13.1. The van der Waals surface area contributed by atoms with Crippen molar-refractivity contribution in [1.29, 1.82) is 0 Å². The monoisotopic (exact) mass is 283 g/mol. The van der Waals surface area contributed by atoms with Gasteiger partial charge in [-0.15, -0.1) is 0 Å². The Kier molecular flexibility index (Phi) is 5.81. The second-order valence-electron chi connectivity index (χ2n) is 6.32. The van der Waals surface area contributed by atoms with Gasteiger partial charge in [-0.05, 0) is 32.1 Å². The minimum Gasteiger partial charge on any atom is -0.380 e. The predicted octanol–water partition coefficient (Wildman–Crippen LogP) is 0.696. The van der Waals surface area contributed by atoms with E-state index >= 15 is 0 Å². The van der Waals surface area contributed by atoms with E-state index in [-0.39, 0.29) is 5.91 Å². The molecule has 1 amide bonds. The molecule has 5 nitrogen and oxygen atoms in total. The molecule has 116 valence electrons. The van der Waals surface area contributed by atoms with Crippen LogP contribution in [0.5, 0.6) is 0 Å². The molecule has 0 radical (unpaired) electrons. The van der Waals surface area contributed by atoms with Gasteiger partial charge in [0.05, 0.1) is 12.6 Å². The van der Waals surface area contributed by atoms with Crippen molar-refractivity contribution in [3.8, 4) is 0 Å². The van der Waals surface area contributed by atoms with Crippen LogP contribution in [0.4, 0.5) is 0 Å². The summed E-state index contributed by atoms with van der Waals surface area (Å²) in [5.41, 5.74) is 0. The summed E-state index contributed by atoms with van der Waals surface area (Å²) in [5.74, 6) is 0.201. The average molecular weight is 283 g/mol. The van der Waals surface area contributed by atoms with Gasteiger partial charge in [-0.25, -0.2) is 0 Å². The Morgan fingerprint density at radius 3 is 2.55 bits per heavy atom. The Labute approximate surface area is 122 Å². The zero-order chi connectivity index (χ0) is 14.5. The lowest BCUT2D eigenvalue weighted by Crippen LogP contribution is -2.50. The molecule has 1 heterocycles. The molecule has 1 aliphatic carbocycles. The molecule has 1 N–H and O–H groups in total. The quantitative estimate of drug-likeness (QED) is 0.806. The lowest BCUT2D eigenvalue weighted by molar-refractivity contribution is -0.130. The number of piperidine rings is 1. The molecule has 0 aromatic rings. The van der Waals surface area contributed by atoms with E-state index in [2.05, 4.69) is 10.2 Å². The number of hydrogen-bond donors (Lipinski definition) is 1. The van der Waals surface area contributed by atoms with E-state index in [0.29, 0.717) is 24.7 Å². The lowest BCUT2D eigenvalue weighted by Gasteiger charge is -2.34. The number of likely N-dealkylation sites (N-methyl/N-ethyl adjacent to an activating group) is 1. The van der Waals surface area contributed by atoms with Crippen LogP contribution in [0.25, 0.3) is 0 Å². The Balaban J connectivity index is 1.70. The molecular weight excluding hydrogens is 254 g/mol. The highest BCUT2D eigenvalue weighted by Crippen LogP contribution is 2.23. The Morgan fingerprint density at radius 2 is 1.95 bits per heavy atom. The largest absolute Gasteiger partial charge is 0.380 e. The van der Waals surface area contributed by atoms with Gasteiger partial charge in [-0.2, -0.15) is 0 Å². The molecule has 0 aromatic carbocycles. The van der Waals surface area contributed by atoms with Crippen molar-refractivity contribution in [1.82, 2.24) is 15.1 Å². The molecule has 20 heavy (non-hydrogen) atoms. The summed E-state index contributed by atoms with van der Waals surface area (Å²) in [6.07, 6.45) is 6.35. The Morgan fingerprint density at radius 1 is 1.25 bits per heavy atom. The number of likely N-dealkylation sites (tertiary alicyclic amines) is 1. The molecular formula is C15H29N3O2. The second-order valence-corrected chi connectivity index (χ2v) is 6.32. The van der Waals surface area contributed by atoms with Gasteiger partial charge in [0.1, 0.15) is 0 Å². The van der Waals surface area contributed by atoms with Crippen molar-refractivity contribution >= 4 is 5.91 Å². The van der Waals surface area contributed by atoms with Crippen molar-refractivity contribution in [2.24, 2.45) is 0 Å². The average Bonchev–Trinajstić information content (AvgIpc) is 2.88. The van der Waals surface area contributed by atoms with E-state index in [1.807, 2.05) is 21.2 Å². The first kappa shape index (κ1) is 15.7. The van der Waals surface area contributed by atoms with Gasteiger partial charge in [0, 0.05) is 46.4 Å². The number of amides is 1. The van der Waals surface area contributed by atoms with Gasteiger partial charge >= 0.3 is 0 Å². The number of carbonyl (C=O) groups excluding carboxylic acids is 1. The zero-order valence-electron chi connectivity index (χ0n) is 13.1. The fraction of sp³-hybridized carbons (Fsp3) is 0.933. The number of nitrogens with one attached hydrogen (secondary N) is 1. The molecule has 5 heteroatoms. The normalized spacial score (nSPS) is 28.8. The molecule has 1 saturated heterocycles. The first-order valence-electron chi connectivity index (χ1n) is 7.81. The summed E-state index contributed by atoms with van der Waals surface area (Å²) in [4.78, 5) is 15.6. The van der Waals surface area contributed by atoms with E-state index in [1.165, 1.54) is 19.3 Å². The summed E-state index contributed by atoms with van der Waals surface area (Å²) in [7, 11) is 5.46. The molecule has 2 aliphatic rings. The number of ether oxygens (including phenoxy) is 1. The first-order chi connectivity index (χ1) is 9.60. The molecule has 0 bridgehead atoms. The number of carbonyl (C=O) groups is 1. The van der Waals surface area contributed by atoms with Crippen LogP contribution in [-0.4, -0.2) is 74.7 Å². The third-order valence-corrected chi connectivity index (χ3v) is 4.65. The lowest BCUT2D eigenvalue weighted by atomic mass is 10.0. The van der Waals surface area contributed by atoms with Gasteiger partial charge in [-0.1, -0.05) is 0 Å². The van der Waals surface area contributed by atoms with Crippen LogP contribution < -0.4 is 5.32 Å². The van der Waals surface area contributed by atoms with Crippen LogP contribution in [0.3, 0.4) is 0 Å². The molecule has 1 saturated carbocycles. The van der Waals surface area contributed by atoms with E-state index in [9.17, 15) is 4.79 Å². The van der Waals surface area contributed by atoms with Crippen LogP contribution in [0.15, 0.2) is 0 Å². The smallest absolute Gasteiger partial charge is 0.236 e. The maximum atomic E-state index is 11.7. The first-order valence-corrected chi connectivity index (χ1v) is 7.81. The Bertz CT molecular complexity index is 314. The summed E-state index contributed by atoms with van der Waals surface area (Å²) < 4.78 is 5.54. The van der Waals surface area contributed by atoms with Gasteiger partial charge in [0.2, 0.25) is 5.91 Å². The van der Waals surface area contributed by atoms with E-state index in [0.717, 1.165) is 25.9 Å². The number of methoxy groups -OCH3 is 1. The van der Waals surface area contributed by atoms with E-state index < -0.39 is 0 Å². The van der Waals surface area contributed by atoms with Crippen LogP contribution in [0.1, 0.15) is 32.1 Å². The van der Waals surface area contributed by atoms with Crippen molar-refractivity contribution in [2.75, 3.05) is 40.8 Å². The fourth-order valence-electron chi connectivity index (χ4n) is 3.29. The van der Waals surface area contributed by atoms with Crippen molar-refractivity contribution < 1.29 is 9.53 Å². The van der Waals surface area contributed by atoms with Crippen molar-refractivity contribution in [3.63, 3.8) is 0 Å². The van der Waals surface area contributed by atoms with Gasteiger partial charge in [0.25, 0.3) is 0 Å². The highest BCUT2D eigenvalue weighted by Gasteiger charge is 2.30. The second kappa shape index (κ2) is 7.38. The number of hydrogen-bond acceptors (Lipinski definition) is 4. The van der Waals surface area contributed by atoms with Gasteiger partial charge in [-0.3, -0.25) is 9.69 Å². The van der Waals surface area contributed by atoms with Crippen LogP contribution in [-0.2, 0) is 9.53 Å². The highest BCUT2D eigenvalue weighted by atomic mass is 16.5. The maximum absolute atomic E-state index is 11.7. The molecule has 1 aliphatic heterocycles. The number of rotatable bonds is 5. The third kappa shape index (κ3) is 4.17. The van der Waals surface area contributed by atoms with E-state index in [4.69, 9.17) is 4.74 Å². The Hall–Kier alpha value is -0.650. The molecule has 0 spiro atoms. The summed E-state index contributed by atoms with van der Waals surface area (Å²) in [5, 5.41) is 3.77. The standard InChI is InChI=1S/C15H29N3O2/c1-17(2)15(19)11-18-9-7-12(8-10-18)16-13-5-4-6-14(13)20-3/h12-14,16H,4-11H2,1-3H3. The molecule has 2 rings (SSSR count). The molecule has 0 aromatic heterocycles. The summed E-state index contributed by atoms with van der Waals surface area (Å²) in [6, 6.07) is 1.11. The molecule has 2 atom stereocenters. The van der Waals surface area contributed by atoms with Gasteiger partial charge in [0.15, 0.2) is 0 Å². The molecule has 2 fully saturated rings. The van der Waals surface area contributed by atoms with E-state index in [1.54, 1.807) is 4.90 Å². The third-order valence-electron chi connectivity index (χ3n) is 4.65. The van der Waals surface area contributed by atoms with Gasteiger partial charge < -0.3 is 15.0 Å². The fourth-order valence-corrected chi connectivity index (χ4v) is 3.29. The van der Waals surface area contributed by atoms with Crippen LogP contribution in [0, 0.1) is 0 Å². The van der Waals surface area contributed by atoms with Crippen molar-refractivity contribution in [2.45, 2.75) is 50.3 Å². The minimum absolute atomic E-state index is 0.201. The maximum Gasteiger partial charge on any atom is 0.236 e. The van der Waals surface area contributed by atoms with Crippen molar-refractivity contribution in [3.05, 3.63) is 0 Å². The minimum atomic E-state index is 0.201. The predicted molar refractivity (Wildman–Crippen MR) is 79.7 cm³/mol. The SMILES string of the molecule is COC1CCCC1NC1CCN(CC(=O)N(C)C)CC1.